The van der Waals surface area contributed by atoms with Crippen molar-refractivity contribution in [2.75, 3.05) is 6.61 Å². The Morgan fingerprint density at radius 2 is 1.87 bits per heavy atom. The van der Waals surface area contributed by atoms with Gasteiger partial charge in [0.25, 0.3) is 0 Å². The van der Waals surface area contributed by atoms with E-state index in [0.29, 0.717) is 0 Å². The van der Waals surface area contributed by atoms with Gasteiger partial charge in [0.15, 0.2) is 0 Å². The zero-order chi connectivity index (χ0) is 11.5. The van der Waals surface area contributed by atoms with Crippen LogP contribution in [0.25, 0.3) is 0 Å². The number of rotatable bonds is 4. The Morgan fingerprint density at radius 1 is 1.33 bits per heavy atom. The van der Waals surface area contributed by atoms with Crippen molar-refractivity contribution in [3.8, 4) is 0 Å². The topological polar surface area (TPSA) is 57.5 Å². The van der Waals surface area contributed by atoms with E-state index in [1.165, 1.54) is 0 Å². The molecule has 0 heterocycles. The van der Waals surface area contributed by atoms with Crippen LogP contribution in [-0.4, -0.2) is 22.8 Å². The van der Waals surface area contributed by atoms with Crippen LogP contribution in [0, 0.1) is 6.92 Å². The van der Waals surface area contributed by atoms with Crippen LogP contribution in [0.4, 0.5) is 0 Å². The zero-order valence-electron chi connectivity index (χ0n) is 9.03. The number of hydrogen-bond donors (Lipinski definition) is 2. The molecular formula is C12H16O3. The summed E-state index contributed by atoms with van der Waals surface area (Å²) in [5, 5.41) is 18.1. The van der Waals surface area contributed by atoms with E-state index < -0.39 is 11.4 Å². The number of carbonyl (C=O) groups is 1. The van der Waals surface area contributed by atoms with Gasteiger partial charge in [-0.05, 0) is 25.8 Å². The molecule has 0 aromatic heterocycles. The lowest BCUT2D eigenvalue weighted by Gasteiger charge is -2.24. The third-order valence-electron chi connectivity index (χ3n) is 2.77. The van der Waals surface area contributed by atoms with Crippen molar-refractivity contribution >= 4 is 5.97 Å². The first kappa shape index (κ1) is 11.7. The van der Waals surface area contributed by atoms with Crippen LogP contribution in [0.15, 0.2) is 24.3 Å². The Labute approximate surface area is 89.4 Å². The molecule has 0 amide bonds. The van der Waals surface area contributed by atoms with Gasteiger partial charge in [0.2, 0.25) is 0 Å². The Hall–Kier alpha value is -1.35. The smallest absolute Gasteiger partial charge is 0.313 e. The predicted molar refractivity (Wildman–Crippen MR) is 57.9 cm³/mol. The SMILES string of the molecule is Cc1ccc(C(C)(CCO)C(=O)O)cc1. The molecule has 3 nitrogen and oxygen atoms in total. The van der Waals surface area contributed by atoms with E-state index >= 15 is 0 Å². The molecular weight excluding hydrogens is 192 g/mol. The third kappa shape index (κ3) is 2.36. The summed E-state index contributed by atoms with van der Waals surface area (Å²) in [5.41, 5.74) is 0.827. The minimum Gasteiger partial charge on any atom is -0.481 e. The maximum atomic E-state index is 11.2. The van der Waals surface area contributed by atoms with Crippen LogP contribution in [0.1, 0.15) is 24.5 Å². The quantitative estimate of drug-likeness (QED) is 0.792. The van der Waals surface area contributed by atoms with Gasteiger partial charge in [-0.15, -0.1) is 0 Å². The first-order valence-electron chi connectivity index (χ1n) is 4.92. The maximum absolute atomic E-state index is 11.2. The highest BCUT2D eigenvalue weighted by atomic mass is 16.4. The van der Waals surface area contributed by atoms with Crippen LogP contribution in [0.2, 0.25) is 0 Å². The van der Waals surface area contributed by atoms with Gasteiger partial charge in [-0.1, -0.05) is 29.8 Å². The number of aryl methyl sites for hydroxylation is 1. The summed E-state index contributed by atoms with van der Waals surface area (Å²) < 4.78 is 0. The third-order valence-corrected chi connectivity index (χ3v) is 2.77. The second-order valence-corrected chi connectivity index (χ2v) is 3.98. The van der Waals surface area contributed by atoms with Gasteiger partial charge in [0.1, 0.15) is 0 Å². The second-order valence-electron chi connectivity index (χ2n) is 3.98. The minimum atomic E-state index is -0.998. The minimum absolute atomic E-state index is 0.128. The fourth-order valence-electron chi connectivity index (χ4n) is 1.52. The summed E-state index contributed by atoms with van der Waals surface area (Å²) in [5.74, 6) is -0.902. The Balaban J connectivity index is 3.09. The standard InChI is InChI=1S/C12H16O3/c1-9-3-5-10(6-4-9)12(2,7-8-13)11(14)15/h3-6,13H,7-8H2,1-2H3,(H,14,15). The van der Waals surface area contributed by atoms with Gasteiger partial charge in [0.05, 0.1) is 5.41 Å². The van der Waals surface area contributed by atoms with Crippen molar-refractivity contribution in [2.45, 2.75) is 25.7 Å². The van der Waals surface area contributed by atoms with Crippen molar-refractivity contribution in [2.24, 2.45) is 0 Å². The van der Waals surface area contributed by atoms with Gasteiger partial charge in [-0.25, -0.2) is 0 Å². The van der Waals surface area contributed by atoms with Crippen LogP contribution in [0.5, 0.6) is 0 Å². The number of benzene rings is 1. The van der Waals surface area contributed by atoms with E-state index in [1.807, 2.05) is 19.1 Å². The van der Waals surface area contributed by atoms with Crippen molar-refractivity contribution < 1.29 is 15.0 Å². The molecule has 1 atom stereocenters. The number of carboxylic acids is 1. The van der Waals surface area contributed by atoms with Crippen LogP contribution >= 0.6 is 0 Å². The highest BCUT2D eigenvalue weighted by Gasteiger charge is 2.34. The van der Waals surface area contributed by atoms with E-state index in [1.54, 1.807) is 19.1 Å². The van der Waals surface area contributed by atoms with Gasteiger partial charge < -0.3 is 10.2 Å². The van der Waals surface area contributed by atoms with E-state index in [9.17, 15) is 9.90 Å². The molecule has 1 aromatic carbocycles. The first-order valence-corrected chi connectivity index (χ1v) is 4.92. The van der Waals surface area contributed by atoms with E-state index in [4.69, 9.17) is 5.11 Å². The lowest BCUT2D eigenvalue weighted by Crippen LogP contribution is -2.33. The predicted octanol–water partition coefficient (Wildman–Crippen LogP) is 1.72. The van der Waals surface area contributed by atoms with E-state index in [0.717, 1.165) is 11.1 Å². The van der Waals surface area contributed by atoms with Gasteiger partial charge in [-0.2, -0.15) is 0 Å². The van der Waals surface area contributed by atoms with Crippen molar-refractivity contribution in [3.63, 3.8) is 0 Å². The molecule has 0 saturated heterocycles. The lowest BCUT2D eigenvalue weighted by atomic mass is 9.79. The van der Waals surface area contributed by atoms with Crippen molar-refractivity contribution in [1.29, 1.82) is 0 Å². The molecule has 3 heteroatoms. The van der Waals surface area contributed by atoms with Gasteiger partial charge in [0, 0.05) is 6.61 Å². The molecule has 0 radical (unpaired) electrons. The molecule has 1 aromatic rings. The second kappa shape index (κ2) is 4.45. The summed E-state index contributed by atoms with van der Waals surface area (Å²) in [6.07, 6.45) is 0.228. The number of aliphatic hydroxyl groups is 1. The average molecular weight is 208 g/mol. The summed E-state index contributed by atoms with van der Waals surface area (Å²) in [6, 6.07) is 7.38. The van der Waals surface area contributed by atoms with Crippen LogP contribution in [0.3, 0.4) is 0 Å². The molecule has 0 bridgehead atoms. The maximum Gasteiger partial charge on any atom is 0.313 e. The summed E-state index contributed by atoms with van der Waals surface area (Å²) in [4.78, 5) is 11.2. The molecule has 0 aliphatic rings. The molecule has 0 fully saturated rings. The Bertz CT molecular complexity index is 342. The van der Waals surface area contributed by atoms with Crippen LogP contribution in [-0.2, 0) is 10.2 Å². The normalized spacial score (nSPS) is 14.6. The Kier molecular flexibility index (Phi) is 3.48. The first-order chi connectivity index (χ1) is 7.00. The molecule has 15 heavy (non-hydrogen) atoms. The number of aliphatic carboxylic acids is 1. The molecule has 0 saturated carbocycles. The summed E-state index contributed by atoms with van der Waals surface area (Å²) in [6.45, 7) is 3.46. The molecule has 2 N–H and O–H groups in total. The fraction of sp³-hybridized carbons (Fsp3) is 0.417. The fourth-order valence-corrected chi connectivity index (χ4v) is 1.52. The molecule has 0 aliphatic heterocycles. The number of hydrogen-bond acceptors (Lipinski definition) is 2. The number of carboxylic acid groups (broad SMARTS) is 1. The summed E-state index contributed by atoms with van der Waals surface area (Å²) >= 11 is 0. The zero-order valence-corrected chi connectivity index (χ0v) is 9.03. The highest BCUT2D eigenvalue weighted by molar-refractivity contribution is 5.80. The molecule has 1 unspecified atom stereocenters. The average Bonchev–Trinajstić information content (AvgIpc) is 2.18. The molecule has 82 valence electrons. The molecule has 0 spiro atoms. The highest BCUT2D eigenvalue weighted by Crippen LogP contribution is 2.27. The van der Waals surface area contributed by atoms with Gasteiger partial charge >= 0.3 is 5.97 Å². The summed E-state index contributed by atoms with van der Waals surface area (Å²) in [7, 11) is 0. The largest absolute Gasteiger partial charge is 0.481 e. The van der Waals surface area contributed by atoms with E-state index in [-0.39, 0.29) is 13.0 Å². The van der Waals surface area contributed by atoms with Crippen LogP contribution < -0.4 is 0 Å². The van der Waals surface area contributed by atoms with E-state index in [2.05, 4.69) is 0 Å². The molecule has 1 rings (SSSR count). The molecule has 0 aliphatic carbocycles. The van der Waals surface area contributed by atoms with Crippen molar-refractivity contribution in [3.05, 3.63) is 35.4 Å². The Morgan fingerprint density at radius 3 is 2.27 bits per heavy atom. The van der Waals surface area contributed by atoms with Crippen molar-refractivity contribution in [1.82, 2.24) is 0 Å². The monoisotopic (exact) mass is 208 g/mol. The number of aliphatic hydroxyl groups excluding tert-OH is 1. The van der Waals surface area contributed by atoms with Gasteiger partial charge in [-0.3, -0.25) is 4.79 Å². The lowest BCUT2D eigenvalue weighted by molar-refractivity contribution is -0.143.